The van der Waals surface area contributed by atoms with Gasteiger partial charge in [-0.2, -0.15) is 11.8 Å². The van der Waals surface area contributed by atoms with Gasteiger partial charge < -0.3 is 10.2 Å². The number of nitrogens with one attached hydrogen (secondary N) is 1. The van der Waals surface area contributed by atoms with Crippen molar-refractivity contribution in [1.82, 2.24) is 10.2 Å². The van der Waals surface area contributed by atoms with Gasteiger partial charge in [-0.3, -0.25) is 0 Å². The quantitative estimate of drug-likeness (QED) is 0.765. The molecule has 1 saturated heterocycles. The number of rotatable bonds is 7. The lowest BCUT2D eigenvalue weighted by Gasteiger charge is -2.32. The van der Waals surface area contributed by atoms with Gasteiger partial charge in [0.1, 0.15) is 0 Å². The Morgan fingerprint density at radius 1 is 1.17 bits per heavy atom. The maximum absolute atomic E-state index is 3.85. The third kappa shape index (κ3) is 4.75. The molecule has 1 heterocycles. The highest BCUT2D eigenvalue weighted by Gasteiger charge is 2.26. The molecule has 1 aliphatic rings. The van der Waals surface area contributed by atoms with Crippen molar-refractivity contribution in [2.24, 2.45) is 0 Å². The van der Waals surface area contributed by atoms with Gasteiger partial charge >= 0.3 is 0 Å². The zero-order chi connectivity index (χ0) is 13.4. The Morgan fingerprint density at radius 2 is 1.89 bits per heavy atom. The summed E-state index contributed by atoms with van der Waals surface area (Å²) in [4.78, 5) is 2.59. The Labute approximate surface area is 118 Å². The molecule has 3 heteroatoms. The molecule has 0 aromatic carbocycles. The summed E-state index contributed by atoms with van der Waals surface area (Å²) in [5, 5.41) is 3.85. The van der Waals surface area contributed by atoms with Gasteiger partial charge in [0.05, 0.1) is 0 Å². The van der Waals surface area contributed by atoms with Crippen molar-refractivity contribution in [3.05, 3.63) is 0 Å². The van der Waals surface area contributed by atoms with Crippen LogP contribution in [0.25, 0.3) is 0 Å². The number of likely N-dealkylation sites (tertiary alicyclic amines) is 1. The van der Waals surface area contributed by atoms with E-state index >= 15 is 0 Å². The molecule has 1 fully saturated rings. The minimum atomic E-state index is 0.455. The Balaban J connectivity index is 2.38. The number of hydrogen-bond acceptors (Lipinski definition) is 3. The Hall–Kier alpha value is 0.270. The molecular formula is C15H32N2S. The molecule has 1 unspecified atom stereocenters. The fourth-order valence-electron chi connectivity index (χ4n) is 2.87. The number of nitrogens with zero attached hydrogens (tertiary/aromatic N) is 1. The maximum atomic E-state index is 3.85. The first-order chi connectivity index (χ1) is 8.69. The second kappa shape index (κ2) is 8.44. The lowest BCUT2D eigenvalue weighted by molar-refractivity contribution is 0.296. The molecule has 0 bridgehead atoms. The Kier molecular flexibility index (Phi) is 7.66. The van der Waals surface area contributed by atoms with Crippen LogP contribution in [0.1, 0.15) is 52.9 Å². The first-order valence-electron chi connectivity index (χ1n) is 7.70. The van der Waals surface area contributed by atoms with Crippen LogP contribution in [-0.2, 0) is 0 Å². The van der Waals surface area contributed by atoms with E-state index in [2.05, 4.69) is 37.2 Å². The van der Waals surface area contributed by atoms with E-state index < -0.39 is 0 Å². The third-order valence-corrected chi connectivity index (χ3v) is 6.29. The summed E-state index contributed by atoms with van der Waals surface area (Å²) in [6, 6.07) is 0.742. The molecule has 2 nitrogen and oxygen atoms in total. The molecule has 1 atom stereocenters. The lowest BCUT2D eigenvalue weighted by atomic mass is 10.0. The van der Waals surface area contributed by atoms with E-state index in [1.165, 1.54) is 58.3 Å². The molecule has 1 rings (SSSR count). The third-order valence-electron chi connectivity index (χ3n) is 4.70. The van der Waals surface area contributed by atoms with E-state index in [9.17, 15) is 0 Å². The van der Waals surface area contributed by atoms with Crippen LogP contribution in [0.2, 0.25) is 0 Å². The minimum absolute atomic E-state index is 0.455. The number of thioether (sulfide) groups is 1. The topological polar surface area (TPSA) is 15.3 Å². The van der Waals surface area contributed by atoms with Crippen LogP contribution in [0.15, 0.2) is 0 Å². The van der Waals surface area contributed by atoms with Gasteiger partial charge in [0.15, 0.2) is 0 Å². The fourth-order valence-corrected chi connectivity index (χ4v) is 3.67. The van der Waals surface area contributed by atoms with Gasteiger partial charge in [0.2, 0.25) is 0 Å². The van der Waals surface area contributed by atoms with E-state index in [-0.39, 0.29) is 0 Å². The number of hydrogen-bond donors (Lipinski definition) is 1. The molecule has 1 aliphatic heterocycles. The van der Waals surface area contributed by atoms with Crippen LogP contribution in [0.4, 0.5) is 0 Å². The van der Waals surface area contributed by atoms with Crippen LogP contribution in [0.5, 0.6) is 0 Å². The predicted octanol–water partition coefficient (Wildman–Crippen LogP) is 3.37. The van der Waals surface area contributed by atoms with Gasteiger partial charge in [0, 0.05) is 17.3 Å². The summed E-state index contributed by atoms with van der Waals surface area (Å²) >= 11 is 2.04. The molecule has 0 aromatic heterocycles. The molecule has 108 valence electrons. The second-order valence-corrected chi connectivity index (χ2v) is 6.81. The first kappa shape index (κ1) is 16.3. The first-order valence-corrected chi connectivity index (χ1v) is 8.93. The molecular weight excluding hydrogens is 240 g/mol. The van der Waals surface area contributed by atoms with Crippen molar-refractivity contribution in [1.29, 1.82) is 0 Å². The minimum Gasteiger partial charge on any atom is -0.313 e. The van der Waals surface area contributed by atoms with Crippen molar-refractivity contribution in [2.45, 2.75) is 63.7 Å². The summed E-state index contributed by atoms with van der Waals surface area (Å²) in [6.07, 6.45) is 8.84. The van der Waals surface area contributed by atoms with E-state index in [1.807, 2.05) is 11.8 Å². The molecule has 0 radical (unpaired) electrons. The van der Waals surface area contributed by atoms with Gasteiger partial charge in [-0.1, -0.05) is 20.8 Å². The largest absolute Gasteiger partial charge is 0.313 e. The van der Waals surface area contributed by atoms with E-state index in [1.54, 1.807) is 0 Å². The summed E-state index contributed by atoms with van der Waals surface area (Å²) in [5.41, 5.74) is 0. The highest BCUT2D eigenvalue weighted by atomic mass is 32.2. The van der Waals surface area contributed by atoms with Crippen molar-refractivity contribution in [3.8, 4) is 0 Å². The van der Waals surface area contributed by atoms with Gasteiger partial charge in [-0.05, 0) is 58.0 Å². The summed E-state index contributed by atoms with van der Waals surface area (Å²) in [6.45, 7) is 11.9. The zero-order valence-corrected chi connectivity index (χ0v) is 13.6. The smallest absolute Gasteiger partial charge is 0.0276 e. The normalized spacial score (nSPS) is 23.0. The van der Waals surface area contributed by atoms with Crippen molar-refractivity contribution in [3.63, 3.8) is 0 Å². The fraction of sp³-hybridized carbons (Fsp3) is 1.00. The average molecular weight is 273 g/mol. The Morgan fingerprint density at radius 3 is 2.44 bits per heavy atom. The molecule has 0 aromatic rings. The second-order valence-electron chi connectivity index (χ2n) is 5.54. The lowest BCUT2D eigenvalue weighted by Crippen LogP contribution is -2.42. The van der Waals surface area contributed by atoms with Crippen LogP contribution < -0.4 is 5.32 Å². The van der Waals surface area contributed by atoms with Gasteiger partial charge in [-0.15, -0.1) is 0 Å². The summed E-state index contributed by atoms with van der Waals surface area (Å²) < 4.78 is 0.455. The van der Waals surface area contributed by atoms with Crippen LogP contribution in [-0.4, -0.2) is 48.1 Å². The predicted molar refractivity (Wildman–Crippen MR) is 84.6 cm³/mol. The highest BCUT2D eigenvalue weighted by molar-refractivity contribution is 8.00. The maximum Gasteiger partial charge on any atom is 0.0276 e. The molecule has 0 spiro atoms. The SMILES string of the molecule is CCN1CCCC(NCC(CC)(CC)SC)CC1. The molecule has 1 N–H and O–H groups in total. The molecule has 18 heavy (non-hydrogen) atoms. The van der Waals surface area contributed by atoms with Gasteiger partial charge in [-0.25, -0.2) is 0 Å². The summed E-state index contributed by atoms with van der Waals surface area (Å²) in [7, 11) is 0. The molecule has 0 saturated carbocycles. The van der Waals surface area contributed by atoms with Crippen LogP contribution >= 0.6 is 11.8 Å². The van der Waals surface area contributed by atoms with Crippen molar-refractivity contribution < 1.29 is 0 Å². The van der Waals surface area contributed by atoms with Gasteiger partial charge in [0.25, 0.3) is 0 Å². The average Bonchev–Trinajstić information content (AvgIpc) is 2.66. The van der Waals surface area contributed by atoms with E-state index in [0.717, 1.165) is 6.04 Å². The summed E-state index contributed by atoms with van der Waals surface area (Å²) in [5.74, 6) is 0. The zero-order valence-electron chi connectivity index (χ0n) is 12.8. The van der Waals surface area contributed by atoms with Crippen molar-refractivity contribution >= 4 is 11.8 Å². The van der Waals surface area contributed by atoms with Crippen molar-refractivity contribution in [2.75, 3.05) is 32.4 Å². The monoisotopic (exact) mass is 272 g/mol. The van der Waals surface area contributed by atoms with Crippen LogP contribution in [0.3, 0.4) is 0 Å². The Bertz CT molecular complexity index is 208. The van der Waals surface area contributed by atoms with E-state index in [4.69, 9.17) is 0 Å². The molecule has 0 aliphatic carbocycles. The van der Waals surface area contributed by atoms with E-state index in [0.29, 0.717) is 4.75 Å². The standard InChI is InChI=1S/C15H32N2S/c1-5-15(6-2,18-4)13-16-14-9-8-11-17(7-3)12-10-14/h14,16H,5-13H2,1-4H3. The highest BCUT2D eigenvalue weighted by Crippen LogP contribution is 2.30. The van der Waals surface area contributed by atoms with Crippen LogP contribution in [0, 0.1) is 0 Å². The molecule has 0 amide bonds.